The van der Waals surface area contributed by atoms with Crippen LogP contribution in [-0.4, -0.2) is 61.2 Å². The molecule has 2 heterocycles. The minimum absolute atomic E-state index is 0.292. The molecule has 0 aromatic rings. The zero-order chi connectivity index (χ0) is 13.5. The van der Waals surface area contributed by atoms with Gasteiger partial charge in [-0.05, 0) is 39.2 Å². The van der Waals surface area contributed by atoms with Gasteiger partial charge in [-0.3, -0.25) is 4.79 Å². The summed E-state index contributed by atoms with van der Waals surface area (Å²) in [6.45, 7) is 2.70. The summed E-state index contributed by atoms with van der Waals surface area (Å²) in [6.07, 6.45) is 6.30. The first kappa shape index (κ1) is 15.1. The average molecular weight is 286 g/mol. The molecule has 0 aromatic heterocycles. The third-order valence-corrected chi connectivity index (χ3v) is 5.04. The zero-order valence-electron chi connectivity index (χ0n) is 11.9. The highest BCUT2D eigenvalue weighted by Gasteiger charge is 2.22. The van der Waals surface area contributed by atoms with Crippen LogP contribution >= 0.6 is 11.8 Å². The standard InChI is InChI=1S/C14H26N2O2S/c1-15-12-5-4-7-16(9-12)14(17)11-19-10-13-6-2-3-8-18-13/h12-13,15H,2-11H2,1H3. The lowest BCUT2D eigenvalue weighted by Crippen LogP contribution is -2.47. The molecule has 2 fully saturated rings. The van der Waals surface area contributed by atoms with E-state index in [0.717, 1.165) is 38.3 Å². The number of hydrogen-bond acceptors (Lipinski definition) is 4. The molecule has 1 N–H and O–H groups in total. The van der Waals surface area contributed by atoms with Gasteiger partial charge in [-0.25, -0.2) is 0 Å². The van der Waals surface area contributed by atoms with Crippen molar-refractivity contribution in [3.05, 3.63) is 0 Å². The van der Waals surface area contributed by atoms with E-state index in [-0.39, 0.29) is 0 Å². The van der Waals surface area contributed by atoms with Crippen LogP contribution in [0.15, 0.2) is 0 Å². The highest BCUT2D eigenvalue weighted by molar-refractivity contribution is 7.99. The Bertz CT molecular complexity index is 283. The fourth-order valence-corrected chi connectivity index (χ4v) is 3.75. The Morgan fingerprint density at radius 1 is 1.37 bits per heavy atom. The number of carbonyl (C=O) groups is 1. The first-order valence-electron chi connectivity index (χ1n) is 7.44. The maximum Gasteiger partial charge on any atom is 0.232 e. The molecule has 2 aliphatic rings. The number of thioether (sulfide) groups is 1. The van der Waals surface area contributed by atoms with Crippen LogP contribution in [-0.2, 0) is 9.53 Å². The van der Waals surface area contributed by atoms with Gasteiger partial charge >= 0.3 is 0 Å². The van der Waals surface area contributed by atoms with E-state index in [2.05, 4.69) is 5.32 Å². The van der Waals surface area contributed by atoms with Gasteiger partial charge in [0.25, 0.3) is 0 Å². The minimum Gasteiger partial charge on any atom is -0.377 e. The molecule has 0 spiro atoms. The van der Waals surface area contributed by atoms with Crippen molar-refractivity contribution >= 4 is 17.7 Å². The number of likely N-dealkylation sites (tertiary alicyclic amines) is 1. The van der Waals surface area contributed by atoms with E-state index >= 15 is 0 Å². The summed E-state index contributed by atoms with van der Waals surface area (Å²) in [5.41, 5.74) is 0. The average Bonchev–Trinajstić information content (AvgIpc) is 2.48. The van der Waals surface area contributed by atoms with Gasteiger partial charge in [0.05, 0.1) is 11.9 Å². The normalized spacial score (nSPS) is 28.4. The summed E-state index contributed by atoms with van der Waals surface area (Å²) in [7, 11) is 1.98. The molecule has 0 radical (unpaired) electrons. The van der Waals surface area contributed by atoms with Crippen molar-refractivity contribution in [3.8, 4) is 0 Å². The van der Waals surface area contributed by atoms with Crippen LogP contribution in [0.3, 0.4) is 0 Å². The molecule has 0 aromatic carbocycles. The van der Waals surface area contributed by atoms with Crippen LogP contribution in [0.4, 0.5) is 0 Å². The molecule has 2 rings (SSSR count). The summed E-state index contributed by atoms with van der Waals surface area (Å²) in [4.78, 5) is 14.2. The Kier molecular flexibility index (Phi) is 6.47. The Hall–Kier alpha value is -0.260. The Morgan fingerprint density at radius 2 is 2.26 bits per heavy atom. The highest BCUT2D eigenvalue weighted by atomic mass is 32.2. The lowest BCUT2D eigenvalue weighted by Gasteiger charge is -2.32. The van der Waals surface area contributed by atoms with E-state index in [1.54, 1.807) is 11.8 Å². The number of amides is 1. The molecular formula is C14H26N2O2S. The zero-order valence-corrected chi connectivity index (χ0v) is 12.7. The van der Waals surface area contributed by atoms with Crippen molar-refractivity contribution in [1.82, 2.24) is 10.2 Å². The smallest absolute Gasteiger partial charge is 0.232 e. The van der Waals surface area contributed by atoms with Crippen molar-refractivity contribution in [3.63, 3.8) is 0 Å². The number of rotatable bonds is 5. The number of ether oxygens (including phenoxy) is 1. The second-order valence-electron chi connectivity index (χ2n) is 5.47. The fourth-order valence-electron chi connectivity index (χ4n) is 2.75. The minimum atomic E-state index is 0.292. The Labute approximate surface area is 120 Å². The van der Waals surface area contributed by atoms with Gasteiger partial charge in [-0.15, -0.1) is 11.8 Å². The van der Waals surface area contributed by atoms with Gasteiger partial charge in [-0.1, -0.05) is 0 Å². The van der Waals surface area contributed by atoms with Gasteiger partial charge < -0.3 is 15.0 Å². The molecule has 2 unspecified atom stereocenters. The van der Waals surface area contributed by atoms with Crippen molar-refractivity contribution in [2.75, 3.05) is 38.2 Å². The predicted octanol–water partition coefficient (Wildman–Crippen LogP) is 1.50. The number of nitrogens with one attached hydrogen (secondary N) is 1. The first-order chi connectivity index (χ1) is 9.29. The van der Waals surface area contributed by atoms with Gasteiger partial charge in [0, 0.05) is 31.5 Å². The molecule has 2 aliphatic heterocycles. The number of nitrogens with zero attached hydrogens (tertiary/aromatic N) is 1. The molecular weight excluding hydrogens is 260 g/mol. The van der Waals surface area contributed by atoms with E-state index in [0.29, 0.717) is 23.8 Å². The predicted molar refractivity (Wildman–Crippen MR) is 79.6 cm³/mol. The van der Waals surface area contributed by atoms with Crippen LogP contribution in [0.1, 0.15) is 32.1 Å². The van der Waals surface area contributed by atoms with Gasteiger partial charge in [0.1, 0.15) is 0 Å². The van der Waals surface area contributed by atoms with Crippen molar-refractivity contribution in [2.24, 2.45) is 0 Å². The molecule has 2 saturated heterocycles. The number of likely N-dealkylation sites (N-methyl/N-ethyl adjacent to an activating group) is 1. The molecule has 4 nitrogen and oxygen atoms in total. The highest BCUT2D eigenvalue weighted by Crippen LogP contribution is 2.18. The number of carbonyl (C=O) groups excluding carboxylic acids is 1. The Morgan fingerprint density at radius 3 is 3.00 bits per heavy atom. The van der Waals surface area contributed by atoms with E-state index in [9.17, 15) is 4.79 Å². The number of hydrogen-bond donors (Lipinski definition) is 1. The summed E-state index contributed by atoms with van der Waals surface area (Å²) in [5.74, 6) is 1.87. The second-order valence-corrected chi connectivity index (χ2v) is 6.50. The largest absolute Gasteiger partial charge is 0.377 e. The SMILES string of the molecule is CNC1CCCN(C(=O)CSCC2CCCCO2)C1. The third-order valence-electron chi connectivity index (χ3n) is 3.99. The third kappa shape index (κ3) is 4.97. The molecule has 5 heteroatoms. The fraction of sp³-hybridized carbons (Fsp3) is 0.929. The van der Waals surface area contributed by atoms with Crippen LogP contribution in [0.2, 0.25) is 0 Å². The molecule has 110 valence electrons. The lowest BCUT2D eigenvalue weighted by atomic mass is 10.1. The molecule has 0 aliphatic carbocycles. The van der Waals surface area contributed by atoms with Crippen LogP contribution in [0.5, 0.6) is 0 Å². The van der Waals surface area contributed by atoms with Crippen molar-refractivity contribution < 1.29 is 9.53 Å². The molecule has 19 heavy (non-hydrogen) atoms. The van der Waals surface area contributed by atoms with Crippen LogP contribution in [0, 0.1) is 0 Å². The molecule has 2 atom stereocenters. The summed E-state index contributed by atoms with van der Waals surface area (Å²) in [5, 5.41) is 3.28. The van der Waals surface area contributed by atoms with Crippen molar-refractivity contribution in [1.29, 1.82) is 0 Å². The maximum absolute atomic E-state index is 12.1. The summed E-state index contributed by atoms with van der Waals surface area (Å²) in [6, 6.07) is 0.476. The maximum atomic E-state index is 12.1. The van der Waals surface area contributed by atoms with Crippen molar-refractivity contribution in [2.45, 2.75) is 44.2 Å². The quantitative estimate of drug-likeness (QED) is 0.831. The second kappa shape index (κ2) is 8.12. The topological polar surface area (TPSA) is 41.6 Å². The Balaban J connectivity index is 1.63. The molecule has 0 saturated carbocycles. The van der Waals surface area contributed by atoms with Gasteiger partial charge in [-0.2, -0.15) is 0 Å². The monoisotopic (exact) mass is 286 g/mol. The molecule has 0 bridgehead atoms. The van der Waals surface area contributed by atoms with Crippen LogP contribution < -0.4 is 5.32 Å². The van der Waals surface area contributed by atoms with Gasteiger partial charge in [0.2, 0.25) is 5.91 Å². The summed E-state index contributed by atoms with van der Waals surface area (Å²) >= 11 is 1.73. The summed E-state index contributed by atoms with van der Waals surface area (Å²) < 4.78 is 5.68. The lowest BCUT2D eigenvalue weighted by molar-refractivity contribution is -0.129. The van der Waals surface area contributed by atoms with E-state index in [1.165, 1.54) is 19.3 Å². The first-order valence-corrected chi connectivity index (χ1v) is 8.59. The van der Waals surface area contributed by atoms with E-state index < -0.39 is 0 Å². The number of piperidine rings is 1. The van der Waals surface area contributed by atoms with E-state index in [1.807, 2.05) is 11.9 Å². The van der Waals surface area contributed by atoms with Crippen LogP contribution in [0.25, 0.3) is 0 Å². The van der Waals surface area contributed by atoms with Gasteiger partial charge in [0.15, 0.2) is 0 Å². The molecule has 1 amide bonds. The van der Waals surface area contributed by atoms with E-state index in [4.69, 9.17) is 4.74 Å².